The Bertz CT molecular complexity index is 1250. The Morgan fingerprint density at radius 1 is 1.03 bits per heavy atom. The lowest BCUT2D eigenvalue weighted by molar-refractivity contribution is 0.102. The Morgan fingerprint density at radius 3 is 2.32 bits per heavy atom. The molecule has 1 aliphatic heterocycles. The van der Waals surface area contributed by atoms with E-state index in [0.29, 0.717) is 17.7 Å². The molecule has 5 nitrogen and oxygen atoms in total. The van der Waals surface area contributed by atoms with E-state index in [1.54, 1.807) is 43.3 Å². The number of aryl methyl sites for hydroxylation is 1. The van der Waals surface area contributed by atoms with Gasteiger partial charge in [0.05, 0.1) is 10.6 Å². The molecule has 1 atom stereocenters. The van der Waals surface area contributed by atoms with Crippen LogP contribution < -0.4 is 9.62 Å². The Labute approximate surface area is 179 Å². The summed E-state index contributed by atoms with van der Waals surface area (Å²) in [6.45, 7) is 3.67. The Morgan fingerprint density at radius 2 is 1.68 bits per heavy atom. The van der Waals surface area contributed by atoms with E-state index in [1.165, 1.54) is 16.4 Å². The van der Waals surface area contributed by atoms with E-state index in [-0.39, 0.29) is 16.5 Å². The van der Waals surface area contributed by atoms with Gasteiger partial charge in [-0.1, -0.05) is 23.8 Å². The first-order valence-electron chi connectivity index (χ1n) is 9.68. The van der Waals surface area contributed by atoms with Crippen LogP contribution in [0.3, 0.4) is 0 Å². The van der Waals surface area contributed by atoms with Crippen LogP contribution in [0.4, 0.5) is 20.2 Å². The Kier molecular flexibility index (Phi) is 5.26. The fourth-order valence-electron chi connectivity index (χ4n) is 3.74. The molecule has 0 unspecified atom stereocenters. The lowest BCUT2D eigenvalue weighted by atomic mass is 10.1. The van der Waals surface area contributed by atoms with Crippen LogP contribution in [0, 0.1) is 18.6 Å². The van der Waals surface area contributed by atoms with Gasteiger partial charge in [-0.25, -0.2) is 17.2 Å². The second-order valence-electron chi connectivity index (χ2n) is 7.56. The normalized spacial score (nSPS) is 15.6. The minimum atomic E-state index is -3.78. The van der Waals surface area contributed by atoms with Crippen LogP contribution in [0.2, 0.25) is 0 Å². The number of rotatable bonds is 4. The standard InChI is InChI=1S/C23H20F2N2O3S/c1-14-6-9-18(10-7-14)31(29,30)27-15(2)12-17-13-16(8-11-21(17)27)23(28)26-22-19(24)4-3-5-20(22)25/h3-11,13,15H,12H2,1-2H3,(H,26,28)/t15-/m1/s1. The largest absolute Gasteiger partial charge is 0.317 e. The van der Waals surface area contributed by atoms with Crippen LogP contribution >= 0.6 is 0 Å². The van der Waals surface area contributed by atoms with Gasteiger partial charge in [0.15, 0.2) is 0 Å². The number of para-hydroxylation sites is 1. The molecule has 160 valence electrons. The maximum Gasteiger partial charge on any atom is 0.264 e. The van der Waals surface area contributed by atoms with Crippen molar-refractivity contribution < 1.29 is 22.0 Å². The topological polar surface area (TPSA) is 66.5 Å². The van der Waals surface area contributed by atoms with Crippen molar-refractivity contribution in [1.29, 1.82) is 0 Å². The summed E-state index contributed by atoms with van der Waals surface area (Å²) in [6, 6.07) is 14.1. The van der Waals surface area contributed by atoms with Crippen LogP contribution in [-0.2, 0) is 16.4 Å². The van der Waals surface area contributed by atoms with Crippen LogP contribution in [0.1, 0.15) is 28.4 Å². The molecule has 1 heterocycles. The molecule has 31 heavy (non-hydrogen) atoms. The van der Waals surface area contributed by atoms with E-state index >= 15 is 0 Å². The lowest BCUT2D eigenvalue weighted by Gasteiger charge is -2.24. The zero-order valence-corrected chi connectivity index (χ0v) is 17.7. The smallest absolute Gasteiger partial charge is 0.264 e. The van der Waals surface area contributed by atoms with Crippen molar-refractivity contribution >= 4 is 27.3 Å². The molecule has 3 aromatic carbocycles. The van der Waals surface area contributed by atoms with Gasteiger partial charge in [0.1, 0.15) is 17.3 Å². The van der Waals surface area contributed by atoms with Crippen LogP contribution in [0.5, 0.6) is 0 Å². The van der Waals surface area contributed by atoms with Crippen molar-refractivity contribution in [3.05, 3.63) is 89.0 Å². The minimum Gasteiger partial charge on any atom is -0.317 e. The van der Waals surface area contributed by atoms with E-state index in [4.69, 9.17) is 0 Å². The highest BCUT2D eigenvalue weighted by atomic mass is 32.2. The highest BCUT2D eigenvalue weighted by Crippen LogP contribution is 2.37. The highest BCUT2D eigenvalue weighted by molar-refractivity contribution is 7.92. The Hall–Kier alpha value is -3.26. The van der Waals surface area contributed by atoms with Crippen LogP contribution in [-0.4, -0.2) is 20.4 Å². The summed E-state index contributed by atoms with van der Waals surface area (Å²) in [5, 5.41) is 2.25. The second-order valence-corrected chi connectivity index (χ2v) is 9.38. The van der Waals surface area contributed by atoms with Gasteiger partial charge in [-0.15, -0.1) is 0 Å². The predicted octanol–water partition coefficient (Wildman–Crippen LogP) is 4.67. The number of sulfonamides is 1. The molecule has 8 heteroatoms. The fourth-order valence-corrected chi connectivity index (χ4v) is 5.43. The van der Waals surface area contributed by atoms with Crippen molar-refractivity contribution in [1.82, 2.24) is 0 Å². The average Bonchev–Trinajstić information content (AvgIpc) is 3.06. The number of carbonyl (C=O) groups excluding carboxylic acids is 1. The molecule has 0 saturated carbocycles. The fraction of sp³-hybridized carbons (Fsp3) is 0.174. The molecule has 0 aromatic heterocycles. The number of anilines is 2. The maximum atomic E-state index is 13.8. The molecule has 1 amide bonds. The molecule has 4 rings (SSSR count). The van der Waals surface area contributed by atoms with Crippen molar-refractivity contribution in [2.24, 2.45) is 0 Å². The number of hydrogen-bond donors (Lipinski definition) is 1. The number of nitrogens with zero attached hydrogens (tertiary/aromatic N) is 1. The summed E-state index contributed by atoms with van der Waals surface area (Å²) in [5.74, 6) is -2.43. The van der Waals surface area contributed by atoms with E-state index in [9.17, 15) is 22.0 Å². The zero-order valence-electron chi connectivity index (χ0n) is 16.9. The second kappa shape index (κ2) is 7.77. The van der Waals surface area contributed by atoms with Gasteiger partial charge in [0.25, 0.3) is 15.9 Å². The minimum absolute atomic E-state index is 0.184. The molecule has 1 aliphatic rings. The third kappa shape index (κ3) is 3.79. The number of hydrogen-bond acceptors (Lipinski definition) is 3. The molecule has 0 aliphatic carbocycles. The maximum absolute atomic E-state index is 13.8. The number of benzene rings is 3. The molecular weight excluding hydrogens is 422 g/mol. The highest BCUT2D eigenvalue weighted by Gasteiger charge is 2.36. The summed E-state index contributed by atoms with van der Waals surface area (Å²) in [5.41, 5.74) is 1.77. The summed E-state index contributed by atoms with van der Waals surface area (Å²) < 4.78 is 55.5. The zero-order chi connectivity index (χ0) is 22.3. The molecule has 0 bridgehead atoms. The van der Waals surface area contributed by atoms with Crippen LogP contribution in [0.25, 0.3) is 0 Å². The Balaban J connectivity index is 1.65. The predicted molar refractivity (Wildman–Crippen MR) is 115 cm³/mol. The summed E-state index contributed by atoms with van der Waals surface area (Å²) >= 11 is 0. The molecule has 0 fully saturated rings. The third-order valence-corrected chi connectivity index (χ3v) is 7.22. The average molecular weight is 442 g/mol. The van der Waals surface area contributed by atoms with E-state index in [0.717, 1.165) is 17.7 Å². The van der Waals surface area contributed by atoms with Crippen molar-refractivity contribution in [2.75, 3.05) is 9.62 Å². The van der Waals surface area contributed by atoms with Crippen molar-refractivity contribution in [2.45, 2.75) is 31.2 Å². The molecule has 3 aromatic rings. The van der Waals surface area contributed by atoms with Crippen molar-refractivity contribution in [3.63, 3.8) is 0 Å². The molecule has 0 saturated heterocycles. The molecule has 0 spiro atoms. The first-order valence-corrected chi connectivity index (χ1v) is 11.1. The van der Waals surface area contributed by atoms with Crippen molar-refractivity contribution in [3.8, 4) is 0 Å². The lowest BCUT2D eigenvalue weighted by Crippen LogP contribution is -2.35. The summed E-state index contributed by atoms with van der Waals surface area (Å²) in [7, 11) is -3.78. The third-order valence-electron chi connectivity index (χ3n) is 5.27. The van der Waals surface area contributed by atoms with E-state index in [1.807, 2.05) is 6.92 Å². The van der Waals surface area contributed by atoms with Crippen LogP contribution in [0.15, 0.2) is 65.6 Å². The number of amides is 1. The van der Waals surface area contributed by atoms with Gasteiger partial charge < -0.3 is 5.32 Å². The van der Waals surface area contributed by atoms with E-state index < -0.39 is 33.3 Å². The quantitative estimate of drug-likeness (QED) is 0.639. The van der Waals surface area contributed by atoms with E-state index in [2.05, 4.69) is 5.32 Å². The first kappa shape index (κ1) is 21.0. The summed E-state index contributed by atoms with van der Waals surface area (Å²) in [4.78, 5) is 12.7. The van der Waals surface area contributed by atoms with Gasteiger partial charge >= 0.3 is 0 Å². The number of halogens is 2. The summed E-state index contributed by atoms with van der Waals surface area (Å²) in [6.07, 6.45) is 0.412. The number of carbonyl (C=O) groups is 1. The monoisotopic (exact) mass is 442 g/mol. The molecular formula is C23H20F2N2O3S. The van der Waals surface area contributed by atoms with Gasteiger partial charge in [-0.3, -0.25) is 9.10 Å². The van der Waals surface area contributed by atoms with Gasteiger partial charge in [-0.05, 0) is 68.3 Å². The SMILES string of the molecule is Cc1ccc(S(=O)(=O)N2c3ccc(C(=O)Nc4c(F)cccc4F)cc3C[C@H]2C)cc1. The van der Waals surface area contributed by atoms with Gasteiger partial charge in [-0.2, -0.15) is 0 Å². The molecule has 0 radical (unpaired) electrons. The molecule has 1 N–H and O–H groups in total. The number of nitrogens with one attached hydrogen (secondary N) is 1. The first-order chi connectivity index (χ1) is 14.7. The van der Waals surface area contributed by atoms with Gasteiger partial charge in [0, 0.05) is 11.6 Å². The van der Waals surface area contributed by atoms with Gasteiger partial charge in [0.2, 0.25) is 0 Å². The number of fused-ring (bicyclic) bond motifs is 1.